The molecule has 0 aliphatic rings. The highest BCUT2D eigenvalue weighted by Gasteiger charge is 1.97. The Kier molecular flexibility index (Phi) is 4.16. The van der Waals surface area contributed by atoms with Crippen LogP contribution in [0.2, 0.25) is 0 Å². The van der Waals surface area contributed by atoms with Gasteiger partial charge in [-0.1, -0.05) is 0 Å². The monoisotopic (exact) mass is 228 g/mol. The maximum atomic E-state index is 10.5. The van der Waals surface area contributed by atoms with E-state index in [0.29, 0.717) is 6.54 Å². The Bertz CT molecular complexity index is 84.1. The Morgan fingerprint density at radius 1 is 1.88 bits per heavy atom. The van der Waals surface area contributed by atoms with Crippen LogP contribution in [0.4, 0.5) is 0 Å². The fourth-order valence-electron chi connectivity index (χ4n) is 0.277. The quantitative estimate of drug-likeness (QED) is 0.533. The van der Waals surface area contributed by atoms with Crippen LogP contribution in [0.25, 0.3) is 0 Å². The molecule has 3 nitrogen and oxygen atoms in total. The molecule has 0 aromatic carbocycles. The van der Waals surface area contributed by atoms with E-state index in [9.17, 15) is 4.79 Å². The zero-order valence-electron chi connectivity index (χ0n) is 4.94. The molecular weight excluding hydrogens is 219 g/mol. The summed E-state index contributed by atoms with van der Waals surface area (Å²) in [6, 6.07) is 0. The molecule has 1 N–H and O–H groups in total. The molecule has 0 saturated heterocycles. The molecule has 0 fully saturated rings. The summed E-state index contributed by atoms with van der Waals surface area (Å²) < 4.78 is 1.79. The number of carbonyl (C=O) groups is 1. The van der Waals surface area contributed by atoms with Gasteiger partial charge in [-0.25, -0.2) is 3.11 Å². The van der Waals surface area contributed by atoms with E-state index in [2.05, 4.69) is 28.2 Å². The SMILES string of the molecule is CNC(=O)CN(C)I. The van der Waals surface area contributed by atoms with Gasteiger partial charge in [-0.2, -0.15) is 0 Å². The largest absolute Gasteiger partial charge is 0.358 e. The van der Waals surface area contributed by atoms with Crippen LogP contribution in [0.3, 0.4) is 0 Å². The van der Waals surface area contributed by atoms with E-state index < -0.39 is 0 Å². The van der Waals surface area contributed by atoms with E-state index in [1.165, 1.54) is 0 Å². The Morgan fingerprint density at radius 2 is 2.38 bits per heavy atom. The van der Waals surface area contributed by atoms with E-state index in [1.54, 1.807) is 10.2 Å². The van der Waals surface area contributed by atoms with Crippen molar-refractivity contribution in [3.05, 3.63) is 0 Å². The van der Waals surface area contributed by atoms with Gasteiger partial charge in [-0.05, 0) is 7.05 Å². The van der Waals surface area contributed by atoms with Gasteiger partial charge in [0.05, 0.1) is 6.54 Å². The first-order valence-electron chi connectivity index (χ1n) is 2.24. The van der Waals surface area contributed by atoms with Crippen molar-refractivity contribution in [3.63, 3.8) is 0 Å². The third-order valence-corrected chi connectivity index (χ3v) is 0.981. The molecule has 0 radical (unpaired) electrons. The summed E-state index contributed by atoms with van der Waals surface area (Å²) in [5, 5.41) is 2.51. The molecule has 0 spiro atoms. The fourth-order valence-corrected chi connectivity index (χ4v) is 0.587. The molecule has 0 saturated carbocycles. The van der Waals surface area contributed by atoms with Crippen LogP contribution in [0, 0.1) is 0 Å². The van der Waals surface area contributed by atoms with Crippen molar-refractivity contribution in [1.82, 2.24) is 8.43 Å². The molecular formula is C4H9IN2O. The lowest BCUT2D eigenvalue weighted by Crippen LogP contribution is -2.27. The Balaban J connectivity index is 3.25. The second-order valence-electron chi connectivity index (χ2n) is 1.44. The number of hydrogen-bond acceptors (Lipinski definition) is 2. The molecule has 0 heterocycles. The average Bonchev–Trinajstić information content (AvgIpc) is 1.65. The standard InChI is InChI=1S/C4H9IN2O/c1-6-4(8)3-7(2)5/h3H2,1-2H3,(H,6,8). The van der Waals surface area contributed by atoms with Crippen molar-refractivity contribution < 1.29 is 4.79 Å². The fraction of sp³-hybridized carbons (Fsp3) is 0.750. The highest BCUT2D eigenvalue weighted by atomic mass is 127. The summed E-state index contributed by atoms with van der Waals surface area (Å²) in [5.41, 5.74) is 0. The lowest BCUT2D eigenvalue weighted by Gasteiger charge is -2.03. The number of likely N-dealkylation sites (N-methyl/N-ethyl adjacent to an activating group) is 2. The van der Waals surface area contributed by atoms with Gasteiger partial charge in [0.25, 0.3) is 0 Å². The van der Waals surface area contributed by atoms with E-state index in [-0.39, 0.29) is 5.91 Å². The van der Waals surface area contributed by atoms with Crippen LogP contribution in [-0.2, 0) is 4.79 Å². The first-order chi connectivity index (χ1) is 3.66. The zero-order valence-corrected chi connectivity index (χ0v) is 7.10. The van der Waals surface area contributed by atoms with Gasteiger partial charge in [0, 0.05) is 29.9 Å². The predicted octanol–water partition coefficient (Wildman–Crippen LogP) is 0.0142. The third-order valence-electron chi connectivity index (χ3n) is 0.640. The molecule has 0 aromatic rings. The second-order valence-corrected chi connectivity index (χ2v) is 3.08. The van der Waals surface area contributed by atoms with Gasteiger partial charge in [0.1, 0.15) is 0 Å². The Labute approximate surface area is 62.9 Å². The summed E-state index contributed by atoms with van der Waals surface area (Å²) in [6.45, 7) is 0.455. The molecule has 0 aliphatic carbocycles. The van der Waals surface area contributed by atoms with Gasteiger partial charge in [-0.15, -0.1) is 0 Å². The van der Waals surface area contributed by atoms with Crippen molar-refractivity contribution in [2.45, 2.75) is 0 Å². The molecule has 4 heteroatoms. The molecule has 0 atom stereocenters. The molecule has 8 heavy (non-hydrogen) atoms. The Hall–Kier alpha value is 0.160. The smallest absolute Gasteiger partial charge is 0.234 e. The second kappa shape index (κ2) is 4.08. The number of halogens is 1. The van der Waals surface area contributed by atoms with Crippen LogP contribution in [-0.4, -0.2) is 29.7 Å². The van der Waals surface area contributed by atoms with Crippen molar-refractivity contribution >= 4 is 28.8 Å². The number of amides is 1. The Morgan fingerprint density at radius 3 is 2.50 bits per heavy atom. The zero-order chi connectivity index (χ0) is 6.57. The van der Waals surface area contributed by atoms with Crippen molar-refractivity contribution in [3.8, 4) is 0 Å². The number of rotatable bonds is 2. The minimum absolute atomic E-state index is 0.0434. The summed E-state index contributed by atoms with van der Waals surface area (Å²) in [7, 11) is 3.47. The van der Waals surface area contributed by atoms with Gasteiger partial charge in [-0.3, -0.25) is 4.79 Å². The molecule has 0 aromatic heterocycles. The van der Waals surface area contributed by atoms with Gasteiger partial charge >= 0.3 is 0 Å². The van der Waals surface area contributed by atoms with Crippen LogP contribution in [0.1, 0.15) is 0 Å². The average molecular weight is 228 g/mol. The topological polar surface area (TPSA) is 32.3 Å². The van der Waals surface area contributed by atoms with E-state index >= 15 is 0 Å². The van der Waals surface area contributed by atoms with Gasteiger partial charge < -0.3 is 5.32 Å². The minimum Gasteiger partial charge on any atom is -0.358 e. The summed E-state index contributed by atoms with van der Waals surface area (Å²) in [4.78, 5) is 10.5. The number of nitrogens with zero attached hydrogens (tertiary/aromatic N) is 1. The normalized spacial score (nSPS) is 9.50. The van der Waals surface area contributed by atoms with Crippen LogP contribution >= 0.6 is 22.9 Å². The van der Waals surface area contributed by atoms with Crippen molar-refractivity contribution in [2.24, 2.45) is 0 Å². The molecule has 0 unspecified atom stereocenters. The first kappa shape index (κ1) is 8.16. The number of carbonyl (C=O) groups excluding carboxylic acids is 1. The van der Waals surface area contributed by atoms with Crippen LogP contribution in [0.5, 0.6) is 0 Å². The molecule has 0 rings (SSSR count). The molecule has 48 valence electrons. The molecule has 0 aliphatic heterocycles. The number of hydrogen-bond donors (Lipinski definition) is 1. The maximum absolute atomic E-state index is 10.5. The molecule has 0 bridgehead atoms. The third kappa shape index (κ3) is 4.32. The summed E-state index contributed by atoms with van der Waals surface area (Å²) >= 11 is 2.05. The lowest BCUT2D eigenvalue weighted by molar-refractivity contribution is -0.120. The maximum Gasteiger partial charge on any atom is 0.234 e. The van der Waals surface area contributed by atoms with Crippen molar-refractivity contribution in [2.75, 3.05) is 20.6 Å². The summed E-state index contributed by atoms with van der Waals surface area (Å²) in [6.07, 6.45) is 0. The van der Waals surface area contributed by atoms with E-state index in [4.69, 9.17) is 0 Å². The van der Waals surface area contributed by atoms with Crippen LogP contribution in [0.15, 0.2) is 0 Å². The van der Waals surface area contributed by atoms with E-state index in [1.807, 2.05) is 7.05 Å². The highest BCUT2D eigenvalue weighted by molar-refractivity contribution is 14.1. The molecule has 1 amide bonds. The van der Waals surface area contributed by atoms with Gasteiger partial charge in [0.15, 0.2) is 0 Å². The lowest BCUT2D eigenvalue weighted by atomic mass is 10.6. The highest BCUT2D eigenvalue weighted by Crippen LogP contribution is 1.89. The summed E-state index contributed by atoms with van der Waals surface area (Å²) in [5.74, 6) is 0.0434. The van der Waals surface area contributed by atoms with Crippen molar-refractivity contribution in [1.29, 1.82) is 0 Å². The first-order valence-corrected chi connectivity index (χ1v) is 3.21. The van der Waals surface area contributed by atoms with E-state index in [0.717, 1.165) is 0 Å². The number of nitrogens with one attached hydrogen (secondary N) is 1. The minimum atomic E-state index is 0.0434. The van der Waals surface area contributed by atoms with Crippen LogP contribution < -0.4 is 5.32 Å². The predicted molar refractivity (Wildman–Crippen MR) is 40.7 cm³/mol. The van der Waals surface area contributed by atoms with Gasteiger partial charge in [0.2, 0.25) is 5.91 Å².